The third-order valence-electron chi connectivity index (χ3n) is 3.99. The van der Waals surface area contributed by atoms with Gasteiger partial charge in [0.1, 0.15) is 36.8 Å². The lowest BCUT2D eigenvalue weighted by Crippen LogP contribution is -2.34. The highest BCUT2D eigenvalue weighted by atomic mass is 16.6. The fraction of sp³-hybridized carbons (Fsp3) is 0.600. The van der Waals surface area contributed by atoms with Gasteiger partial charge in [0.15, 0.2) is 17.7 Å². The maximum atomic E-state index is 11.7. The van der Waals surface area contributed by atoms with E-state index < -0.39 is 36.9 Å². The fourth-order valence-corrected chi connectivity index (χ4v) is 2.64. The summed E-state index contributed by atoms with van der Waals surface area (Å²) in [5, 5.41) is 20.5. The van der Waals surface area contributed by atoms with Crippen molar-refractivity contribution in [1.82, 2.24) is 19.5 Å². The van der Waals surface area contributed by atoms with E-state index in [1.54, 1.807) is 0 Å². The summed E-state index contributed by atoms with van der Waals surface area (Å²) >= 11 is 0. The first-order valence-corrected chi connectivity index (χ1v) is 7.97. The van der Waals surface area contributed by atoms with E-state index in [9.17, 15) is 15.0 Å². The zero-order chi connectivity index (χ0) is 18.8. The average Bonchev–Trinajstić information content (AvgIpc) is 3.16. The Kier molecular flexibility index (Phi) is 4.72. The molecule has 0 saturated carbocycles. The topological polar surface area (TPSA) is 146 Å². The molecule has 10 heteroatoms. The summed E-state index contributed by atoms with van der Waals surface area (Å²) in [6.45, 7) is 1.60. The quantitative estimate of drug-likeness (QED) is 0.599. The Morgan fingerprint density at radius 2 is 2.24 bits per heavy atom. The molecule has 0 spiro atoms. The first kappa shape index (κ1) is 16.2. The highest BCUT2D eigenvalue weighted by Gasteiger charge is 2.44. The molecule has 2 aromatic rings. The van der Waals surface area contributed by atoms with Gasteiger partial charge in [0.05, 0.1) is 6.33 Å². The highest BCUT2D eigenvalue weighted by Crippen LogP contribution is 2.32. The van der Waals surface area contributed by atoms with E-state index >= 15 is 0 Å². The van der Waals surface area contributed by atoms with E-state index in [2.05, 4.69) is 15.0 Å². The maximum Gasteiger partial charge on any atom is 0.305 e. The van der Waals surface area contributed by atoms with Gasteiger partial charge in [-0.15, -0.1) is 0 Å². The van der Waals surface area contributed by atoms with Gasteiger partial charge in [0.2, 0.25) is 0 Å². The predicted molar refractivity (Wildman–Crippen MR) is 86.1 cm³/mol. The number of hydrogen-bond acceptors (Lipinski definition) is 9. The lowest BCUT2D eigenvalue weighted by molar-refractivity contribution is -0.150. The van der Waals surface area contributed by atoms with Crippen LogP contribution in [0.4, 0.5) is 5.82 Å². The number of esters is 1. The molecule has 25 heavy (non-hydrogen) atoms. The van der Waals surface area contributed by atoms with Gasteiger partial charge in [-0.2, -0.15) is 0 Å². The van der Waals surface area contributed by atoms with Crippen LogP contribution in [0.1, 0.15) is 33.8 Å². The Bertz CT molecular complexity index is 787. The summed E-state index contributed by atoms with van der Waals surface area (Å²) in [7, 11) is 0. The van der Waals surface area contributed by atoms with E-state index in [1.807, 2.05) is 6.92 Å². The van der Waals surface area contributed by atoms with Gasteiger partial charge in [-0.25, -0.2) is 15.0 Å². The van der Waals surface area contributed by atoms with Gasteiger partial charge in [-0.3, -0.25) is 9.36 Å². The van der Waals surface area contributed by atoms with Crippen molar-refractivity contribution < 1.29 is 25.9 Å². The first-order valence-electron chi connectivity index (χ1n) is 8.55. The fourth-order valence-electron chi connectivity index (χ4n) is 2.64. The van der Waals surface area contributed by atoms with Gasteiger partial charge in [0, 0.05) is 7.77 Å². The maximum absolute atomic E-state index is 11.7. The summed E-state index contributed by atoms with van der Waals surface area (Å²) < 4.78 is 19.8. The van der Waals surface area contributed by atoms with Crippen LogP contribution >= 0.6 is 0 Å². The Morgan fingerprint density at radius 3 is 3.00 bits per heavy atom. The number of aromatic nitrogens is 4. The largest absolute Gasteiger partial charge is 0.463 e. The predicted octanol–water partition coefficient (Wildman–Crippen LogP) is -0.239. The Balaban J connectivity index is 1.71. The van der Waals surface area contributed by atoms with Gasteiger partial charge in [-0.05, 0) is 6.42 Å². The number of fused-ring (bicyclic) bond motifs is 1. The second-order valence-electron chi connectivity index (χ2n) is 5.75. The van der Waals surface area contributed by atoms with Crippen molar-refractivity contribution in [2.75, 3.05) is 12.3 Å². The normalized spacial score (nSPS) is 28.0. The number of rotatable bonds is 6. The molecule has 3 rings (SSSR count). The number of nitrogen functional groups attached to an aromatic ring is 1. The van der Waals surface area contributed by atoms with Gasteiger partial charge in [0.25, 0.3) is 0 Å². The van der Waals surface area contributed by atoms with E-state index in [-0.39, 0.29) is 12.4 Å². The Hall–Kier alpha value is -2.30. The second kappa shape index (κ2) is 7.30. The summed E-state index contributed by atoms with van der Waals surface area (Å²) in [6.07, 6.45) is -1.74. The molecular weight excluding hydrogens is 330 g/mol. The van der Waals surface area contributed by atoms with Crippen molar-refractivity contribution >= 4 is 23.0 Å². The molecule has 136 valence electrons. The molecule has 0 amide bonds. The van der Waals surface area contributed by atoms with Crippen LogP contribution in [-0.4, -0.2) is 60.6 Å². The molecule has 0 aromatic carbocycles. The molecule has 2 aromatic heterocycles. The number of hydrogen-bond donors (Lipinski definition) is 3. The van der Waals surface area contributed by atoms with Crippen LogP contribution in [-0.2, 0) is 14.3 Å². The number of ether oxygens (including phenoxy) is 2. The van der Waals surface area contributed by atoms with Crippen LogP contribution in [0, 0.1) is 0 Å². The molecule has 0 radical (unpaired) electrons. The van der Waals surface area contributed by atoms with Gasteiger partial charge >= 0.3 is 5.97 Å². The van der Waals surface area contributed by atoms with Crippen molar-refractivity contribution in [3.63, 3.8) is 0 Å². The molecule has 0 bridgehead atoms. The van der Waals surface area contributed by atoms with Crippen molar-refractivity contribution in [3.05, 3.63) is 12.7 Å². The summed E-state index contributed by atoms with van der Waals surface area (Å²) in [6, 6.07) is 0. The minimum Gasteiger partial charge on any atom is -0.463 e. The van der Waals surface area contributed by atoms with Crippen LogP contribution in [0.3, 0.4) is 0 Å². The first-order chi connectivity index (χ1) is 12.4. The summed E-state index contributed by atoms with van der Waals surface area (Å²) in [4.78, 5) is 23.8. The van der Waals surface area contributed by atoms with E-state index in [4.69, 9.17) is 16.6 Å². The van der Waals surface area contributed by atoms with Crippen LogP contribution < -0.4 is 5.73 Å². The van der Waals surface area contributed by atoms with Crippen LogP contribution in [0.15, 0.2) is 12.7 Å². The summed E-state index contributed by atoms with van der Waals surface area (Å²) in [5.41, 5.74) is 6.44. The minimum atomic E-state index is -1.28. The van der Waals surface area contributed by atoms with Crippen LogP contribution in [0.2, 0.25) is 0 Å². The highest BCUT2D eigenvalue weighted by molar-refractivity contribution is 5.81. The average molecular weight is 352 g/mol. The SMILES string of the molecule is [2H]C(CCC)C(=O)OC[C@H]1OC(n2cnc3c(N)ncnc32)[C@@H](O)[C@@H]1O. The molecule has 2 unspecified atom stereocenters. The van der Waals surface area contributed by atoms with Crippen LogP contribution in [0.25, 0.3) is 11.2 Å². The van der Waals surface area contributed by atoms with Crippen LogP contribution in [0.5, 0.6) is 0 Å². The molecule has 5 atom stereocenters. The van der Waals surface area contributed by atoms with Crippen molar-refractivity contribution in [2.45, 2.75) is 50.7 Å². The van der Waals surface area contributed by atoms with Gasteiger partial charge < -0.3 is 25.4 Å². The number of carbonyl (C=O) groups excluding carboxylic acids is 1. The van der Waals surface area contributed by atoms with Crippen molar-refractivity contribution in [2.24, 2.45) is 0 Å². The van der Waals surface area contributed by atoms with E-state index in [0.29, 0.717) is 24.0 Å². The molecule has 0 aliphatic carbocycles. The smallest absolute Gasteiger partial charge is 0.305 e. The number of nitrogens with zero attached hydrogens (tertiary/aromatic N) is 4. The number of aliphatic hydroxyl groups is 2. The zero-order valence-electron chi connectivity index (χ0n) is 14.6. The summed E-state index contributed by atoms with van der Waals surface area (Å²) in [5.74, 6) is -0.501. The third kappa shape index (κ3) is 3.41. The molecule has 4 N–H and O–H groups in total. The number of anilines is 1. The van der Waals surface area contributed by atoms with E-state index in [0.717, 1.165) is 0 Å². The third-order valence-corrected chi connectivity index (χ3v) is 3.99. The van der Waals surface area contributed by atoms with Gasteiger partial charge in [-0.1, -0.05) is 13.3 Å². The standard InChI is InChI=1S/C15H21N5O5/c1-2-3-4-9(21)24-5-8-11(22)12(23)15(25-8)20-7-19-10-13(16)17-6-18-14(10)20/h6-8,11-12,15,22-23H,2-5H2,1H3,(H2,16,17,18)/t8-,11-,12+,15?/m1/s1/i4D/t4?,8-,11-,12+,15?. The minimum absolute atomic E-state index is 0.185. The molecule has 3 heterocycles. The Morgan fingerprint density at radius 1 is 1.44 bits per heavy atom. The van der Waals surface area contributed by atoms with Crippen molar-refractivity contribution in [3.8, 4) is 0 Å². The molecular formula is C15H21N5O5. The number of nitrogens with two attached hydrogens (primary N) is 1. The zero-order valence-corrected chi connectivity index (χ0v) is 13.6. The lowest BCUT2D eigenvalue weighted by Gasteiger charge is -2.16. The molecule has 1 saturated heterocycles. The molecule has 1 fully saturated rings. The number of carbonyl (C=O) groups is 1. The molecule has 1 aliphatic heterocycles. The molecule has 10 nitrogen and oxygen atoms in total. The lowest BCUT2D eigenvalue weighted by atomic mass is 10.1. The second-order valence-corrected chi connectivity index (χ2v) is 5.75. The van der Waals surface area contributed by atoms with Crippen molar-refractivity contribution in [1.29, 1.82) is 0 Å². The van der Waals surface area contributed by atoms with E-state index in [1.165, 1.54) is 17.2 Å². The molecule has 1 aliphatic rings. The monoisotopic (exact) mass is 352 g/mol. The number of aliphatic hydroxyl groups excluding tert-OH is 2. The number of imidazole rings is 1. The Labute approximate surface area is 145 Å².